The SMILES string of the molecule is CCC(C)(CCO)NC(=O)c1ccc(Cn2ccccc2=O)o1. The maximum Gasteiger partial charge on any atom is 0.287 e. The first-order chi connectivity index (χ1) is 11.0. The van der Waals surface area contributed by atoms with Gasteiger partial charge in [-0.25, -0.2) is 0 Å². The Morgan fingerprint density at radius 3 is 2.78 bits per heavy atom. The highest BCUT2D eigenvalue weighted by Gasteiger charge is 2.25. The molecule has 0 bridgehead atoms. The normalized spacial score (nSPS) is 13.5. The Morgan fingerprint density at radius 1 is 1.35 bits per heavy atom. The summed E-state index contributed by atoms with van der Waals surface area (Å²) in [6, 6.07) is 8.18. The van der Waals surface area contributed by atoms with Crippen molar-refractivity contribution in [3.05, 3.63) is 58.4 Å². The molecular formula is C17H22N2O4. The summed E-state index contributed by atoms with van der Waals surface area (Å²) in [5.74, 6) is 0.403. The minimum atomic E-state index is -0.477. The predicted molar refractivity (Wildman–Crippen MR) is 86.4 cm³/mol. The Labute approximate surface area is 134 Å². The van der Waals surface area contributed by atoms with E-state index in [2.05, 4.69) is 5.32 Å². The van der Waals surface area contributed by atoms with E-state index >= 15 is 0 Å². The van der Waals surface area contributed by atoms with E-state index in [9.17, 15) is 9.59 Å². The molecule has 6 heteroatoms. The van der Waals surface area contributed by atoms with Gasteiger partial charge in [-0.2, -0.15) is 0 Å². The molecule has 1 unspecified atom stereocenters. The Bertz CT molecular complexity index is 719. The van der Waals surface area contributed by atoms with Gasteiger partial charge in [0, 0.05) is 24.4 Å². The molecule has 0 radical (unpaired) electrons. The van der Waals surface area contributed by atoms with Crippen molar-refractivity contribution in [2.45, 2.75) is 38.8 Å². The van der Waals surface area contributed by atoms with Crippen molar-refractivity contribution in [1.29, 1.82) is 0 Å². The van der Waals surface area contributed by atoms with E-state index in [1.807, 2.05) is 13.8 Å². The molecule has 1 atom stereocenters. The van der Waals surface area contributed by atoms with Crippen LogP contribution in [0.3, 0.4) is 0 Å². The van der Waals surface area contributed by atoms with Gasteiger partial charge in [0.05, 0.1) is 6.54 Å². The number of pyridine rings is 1. The molecule has 2 aromatic heterocycles. The highest BCUT2D eigenvalue weighted by atomic mass is 16.4. The summed E-state index contributed by atoms with van der Waals surface area (Å²) in [6.07, 6.45) is 2.84. The highest BCUT2D eigenvalue weighted by Crippen LogP contribution is 2.16. The van der Waals surface area contributed by atoms with Gasteiger partial charge in [0.2, 0.25) is 0 Å². The highest BCUT2D eigenvalue weighted by molar-refractivity contribution is 5.92. The lowest BCUT2D eigenvalue weighted by atomic mass is 9.95. The van der Waals surface area contributed by atoms with E-state index in [4.69, 9.17) is 9.52 Å². The topological polar surface area (TPSA) is 84.5 Å². The molecule has 0 saturated carbocycles. The van der Waals surface area contributed by atoms with Gasteiger partial charge in [0.15, 0.2) is 5.76 Å². The number of hydrogen-bond acceptors (Lipinski definition) is 4. The molecule has 2 aromatic rings. The van der Waals surface area contributed by atoms with Crippen LogP contribution in [0.4, 0.5) is 0 Å². The first-order valence-electron chi connectivity index (χ1n) is 7.65. The zero-order chi connectivity index (χ0) is 16.9. The molecular weight excluding hydrogens is 296 g/mol. The van der Waals surface area contributed by atoms with Crippen molar-refractivity contribution in [1.82, 2.24) is 9.88 Å². The molecule has 2 N–H and O–H groups in total. The number of carbonyl (C=O) groups is 1. The largest absolute Gasteiger partial charge is 0.454 e. The van der Waals surface area contributed by atoms with E-state index in [0.717, 1.165) is 0 Å². The number of aliphatic hydroxyl groups is 1. The van der Waals surface area contributed by atoms with Gasteiger partial charge in [0.25, 0.3) is 11.5 Å². The molecule has 6 nitrogen and oxygen atoms in total. The van der Waals surface area contributed by atoms with Gasteiger partial charge >= 0.3 is 0 Å². The molecule has 124 valence electrons. The summed E-state index contributed by atoms with van der Waals surface area (Å²) >= 11 is 0. The number of carbonyl (C=O) groups excluding carboxylic acids is 1. The van der Waals surface area contributed by atoms with Crippen LogP contribution in [0.15, 0.2) is 45.7 Å². The molecule has 0 aliphatic carbocycles. The van der Waals surface area contributed by atoms with Crippen LogP contribution in [0.1, 0.15) is 43.0 Å². The fraction of sp³-hybridized carbons (Fsp3) is 0.412. The first kappa shape index (κ1) is 17.0. The second-order valence-corrected chi connectivity index (χ2v) is 5.77. The monoisotopic (exact) mass is 318 g/mol. The summed E-state index contributed by atoms with van der Waals surface area (Å²) in [6.45, 7) is 4.11. The maximum atomic E-state index is 12.3. The Hall–Kier alpha value is -2.34. The van der Waals surface area contributed by atoms with Crippen molar-refractivity contribution < 1.29 is 14.3 Å². The van der Waals surface area contributed by atoms with Gasteiger partial charge in [-0.3, -0.25) is 9.59 Å². The summed E-state index contributed by atoms with van der Waals surface area (Å²) in [5.41, 5.74) is -0.605. The first-order valence-corrected chi connectivity index (χ1v) is 7.65. The third-order valence-corrected chi connectivity index (χ3v) is 3.97. The van der Waals surface area contributed by atoms with E-state index < -0.39 is 5.54 Å². The summed E-state index contributed by atoms with van der Waals surface area (Å²) in [5, 5.41) is 12.0. The maximum absolute atomic E-state index is 12.3. The minimum absolute atomic E-state index is 0.00491. The Kier molecular flexibility index (Phi) is 5.39. The molecule has 0 saturated heterocycles. The smallest absolute Gasteiger partial charge is 0.287 e. The second-order valence-electron chi connectivity index (χ2n) is 5.77. The predicted octanol–water partition coefficient (Wildman–Crippen LogP) is 1.77. The Morgan fingerprint density at radius 2 is 2.13 bits per heavy atom. The molecule has 23 heavy (non-hydrogen) atoms. The molecule has 0 aromatic carbocycles. The summed E-state index contributed by atoms with van der Waals surface area (Å²) < 4.78 is 7.04. The third-order valence-electron chi connectivity index (χ3n) is 3.97. The number of aliphatic hydroxyl groups excluding tert-OH is 1. The summed E-state index contributed by atoms with van der Waals surface area (Å²) in [7, 11) is 0. The van der Waals surface area contributed by atoms with Crippen molar-refractivity contribution >= 4 is 5.91 Å². The molecule has 0 spiro atoms. The van der Waals surface area contributed by atoms with Crippen molar-refractivity contribution in [3.63, 3.8) is 0 Å². The molecule has 0 aliphatic rings. The number of nitrogens with one attached hydrogen (secondary N) is 1. The van der Waals surface area contributed by atoms with Crippen LogP contribution < -0.4 is 10.9 Å². The van der Waals surface area contributed by atoms with Crippen LogP contribution in [0.5, 0.6) is 0 Å². The quantitative estimate of drug-likeness (QED) is 0.815. The van der Waals surface area contributed by atoms with E-state index in [1.54, 1.807) is 30.5 Å². The van der Waals surface area contributed by atoms with Crippen LogP contribution >= 0.6 is 0 Å². The molecule has 2 rings (SSSR count). The molecule has 1 amide bonds. The standard InChI is InChI=1S/C17H22N2O4/c1-3-17(2,9-11-20)18-16(22)14-8-7-13(23-14)12-19-10-5-4-6-15(19)21/h4-8,10,20H,3,9,11-12H2,1-2H3,(H,18,22). The van der Waals surface area contributed by atoms with Gasteiger partial charge in [-0.15, -0.1) is 0 Å². The van der Waals surface area contributed by atoms with Crippen LogP contribution in [0.25, 0.3) is 0 Å². The minimum Gasteiger partial charge on any atom is -0.454 e. The van der Waals surface area contributed by atoms with E-state index in [-0.39, 0.29) is 30.4 Å². The van der Waals surface area contributed by atoms with E-state index in [1.165, 1.54) is 10.6 Å². The average Bonchev–Trinajstić information content (AvgIpc) is 2.98. The van der Waals surface area contributed by atoms with Gasteiger partial charge in [0.1, 0.15) is 5.76 Å². The van der Waals surface area contributed by atoms with Gasteiger partial charge < -0.3 is 19.4 Å². The number of rotatable bonds is 7. The zero-order valence-corrected chi connectivity index (χ0v) is 13.4. The Balaban J connectivity index is 2.08. The van der Waals surface area contributed by atoms with Crippen LogP contribution in [0.2, 0.25) is 0 Å². The lowest BCUT2D eigenvalue weighted by molar-refractivity contribution is 0.0855. The van der Waals surface area contributed by atoms with Crippen LogP contribution in [0, 0.1) is 0 Å². The number of amides is 1. The fourth-order valence-corrected chi connectivity index (χ4v) is 2.25. The van der Waals surface area contributed by atoms with Gasteiger partial charge in [-0.1, -0.05) is 13.0 Å². The zero-order valence-electron chi connectivity index (χ0n) is 13.4. The van der Waals surface area contributed by atoms with Gasteiger partial charge in [-0.05, 0) is 38.0 Å². The number of nitrogens with zero attached hydrogens (tertiary/aromatic N) is 1. The number of furan rings is 1. The van der Waals surface area contributed by atoms with Crippen LogP contribution in [-0.2, 0) is 6.54 Å². The third kappa shape index (κ3) is 4.32. The van der Waals surface area contributed by atoms with Crippen molar-refractivity contribution in [2.24, 2.45) is 0 Å². The fourth-order valence-electron chi connectivity index (χ4n) is 2.25. The lowest BCUT2D eigenvalue weighted by Crippen LogP contribution is -2.46. The van der Waals surface area contributed by atoms with Crippen LogP contribution in [-0.4, -0.2) is 27.7 Å². The summed E-state index contributed by atoms with van der Waals surface area (Å²) in [4.78, 5) is 24.0. The average molecular weight is 318 g/mol. The van der Waals surface area contributed by atoms with E-state index in [0.29, 0.717) is 18.6 Å². The second kappa shape index (κ2) is 7.28. The molecule has 2 heterocycles. The number of aromatic nitrogens is 1. The molecule has 0 aliphatic heterocycles. The molecule has 0 fully saturated rings. The van der Waals surface area contributed by atoms with Crippen molar-refractivity contribution in [3.8, 4) is 0 Å². The van der Waals surface area contributed by atoms with Crippen molar-refractivity contribution in [2.75, 3.05) is 6.61 Å². The number of hydrogen-bond donors (Lipinski definition) is 2. The lowest BCUT2D eigenvalue weighted by Gasteiger charge is -2.28.